The SMILES string of the molecule is C/C=C\c1ccc2n(c1=O)C[C@@H]1[C@@H](CO)[C@H](C(=O)Nc3ccc(-c4ccccc4)cc3)[C@H]2N1CC. The number of carbonyl (C=O) groups excluding carboxylic acids is 1. The van der Waals surface area contributed by atoms with Crippen LogP contribution in [0.3, 0.4) is 0 Å². The van der Waals surface area contributed by atoms with Crippen LogP contribution in [0.2, 0.25) is 0 Å². The molecule has 1 saturated heterocycles. The zero-order chi connectivity index (χ0) is 24.5. The highest BCUT2D eigenvalue weighted by molar-refractivity contribution is 5.94. The van der Waals surface area contributed by atoms with Crippen molar-refractivity contribution >= 4 is 17.7 Å². The van der Waals surface area contributed by atoms with Crippen molar-refractivity contribution in [3.63, 3.8) is 0 Å². The summed E-state index contributed by atoms with van der Waals surface area (Å²) in [5, 5.41) is 13.4. The van der Waals surface area contributed by atoms with Crippen molar-refractivity contribution in [3.8, 4) is 11.1 Å². The standard InChI is InChI=1S/C29H31N3O3/c1-3-8-21-13-16-24-27-26(23(18-33)25(31(27)4-2)17-32(24)29(21)35)28(34)30-22-14-11-20(12-15-22)19-9-6-5-7-10-19/h3,5-16,23,25-27,33H,4,17-18H2,1-2H3,(H,30,34)/b8-3-/t23-,25-,26+,27+/m1/s1. The minimum atomic E-state index is -0.459. The first kappa shape index (κ1) is 23.3. The van der Waals surface area contributed by atoms with E-state index < -0.39 is 5.92 Å². The fourth-order valence-corrected chi connectivity index (χ4v) is 5.88. The minimum absolute atomic E-state index is 0.0411. The Bertz CT molecular complexity index is 1300. The van der Waals surface area contributed by atoms with Crippen molar-refractivity contribution in [2.75, 3.05) is 18.5 Å². The summed E-state index contributed by atoms with van der Waals surface area (Å²) >= 11 is 0. The Morgan fingerprint density at radius 3 is 2.43 bits per heavy atom. The fourth-order valence-electron chi connectivity index (χ4n) is 5.88. The molecular weight excluding hydrogens is 438 g/mol. The lowest BCUT2D eigenvalue weighted by Gasteiger charge is -2.37. The summed E-state index contributed by atoms with van der Waals surface area (Å²) in [6.45, 7) is 5.07. The van der Waals surface area contributed by atoms with Gasteiger partial charge in [0.05, 0.1) is 12.0 Å². The number of rotatable bonds is 6. The number of likely N-dealkylation sites (N-methyl/N-ethyl adjacent to an activating group) is 1. The van der Waals surface area contributed by atoms with E-state index in [1.54, 1.807) is 4.57 Å². The fraction of sp³-hybridized carbons (Fsp3) is 0.310. The average Bonchev–Trinajstić information content (AvgIpc) is 3.12. The molecule has 4 atom stereocenters. The average molecular weight is 470 g/mol. The van der Waals surface area contributed by atoms with E-state index in [4.69, 9.17) is 0 Å². The molecule has 35 heavy (non-hydrogen) atoms. The number of aromatic nitrogens is 1. The number of hydrogen-bond acceptors (Lipinski definition) is 4. The van der Waals surface area contributed by atoms with Crippen LogP contribution in [0.25, 0.3) is 17.2 Å². The largest absolute Gasteiger partial charge is 0.396 e. The van der Waals surface area contributed by atoms with Gasteiger partial charge in [-0.25, -0.2) is 0 Å². The number of allylic oxidation sites excluding steroid dienone is 1. The Kier molecular flexibility index (Phi) is 6.41. The summed E-state index contributed by atoms with van der Waals surface area (Å²) in [5.74, 6) is -0.839. The van der Waals surface area contributed by atoms with Gasteiger partial charge in [-0.3, -0.25) is 14.5 Å². The van der Waals surface area contributed by atoms with E-state index in [0.29, 0.717) is 12.1 Å². The van der Waals surface area contributed by atoms with E-state index in [2.05, 4.69) is 29.3 Å². The highest BCUT2D eigenvalue weighted by Gasteiger charge is 2.55. The molecule has 2 N–H and O–H groups in total. The molecule has 1 fully saturated rings. The summed E-state index contributed by atoms with van der Waals surface area (Å²) in [5.41, 5.74) is 4.36. The van der Waals surface area contributed by atoms with Gasteiger partial charge in [0.25, 0.3) is 5.56 Å². The number of pyridine rings is 1. The molecular formula is C29H31N3O3. The van der Waals surface area contributed by atoms with E-state index in [9.17, 15) is 14.7 Å². The second kappa shape index (κ2) is 9.64. The van der Waals surface area contributed by atoms with Crippen molar-refractivity contribution in [1.29, 1.82) is 0 Å². The summed E-state index contributed by atoms with van der Waals surface area (Å²) in [6, 6.07) is 21.4. The normalized spacial score (nSPS) is 23.4. The molecule has 5 rings (SSSR count). The zero-order valence-electron chi connectivity index (χ0n) is 20.1. The topological polar surface area (TPSA) is 74.6 Å². The summed E-state index contributed by atoms with van der Waals surface area (Å²) < 4.78 is 1.81. The number of nitrogens with zero attached hydrogens (tertiary/aromatic N) is 2. The number of aliphatic hydroxyl groups excluding tert-OH is 1. The van der Waals surface area contributed by atoms with Crippen molar-refractivity contribution in [1.82, 2.24) is 9.47 Å². The first-order chi connectivity index (χ1) is 17.1. The molecule has 0 radical (unpaired) electrons. The minimum Gasteiger partial charge on any atom is -0.396 e. The third-order valence-electron chi connectivity index (χ3n) is 7.47. The predicted molar refractivity (Wildman–Crippen MR) is 139 cm³/mol. The van der Waals surface area contributed by atoms with Crippen LogP contribution in [0.1, 0.15) is 31.1 Å². The number of hydrogen-bond donors (Lipinski definition) is 2. The van der Waals surface area contributed by atoms with Gasteiger partial charge in [-0.2, -0.15) is 0 Å². The molecule has 3 heterocycles. The maximum atomic E-state index is 13.7. The van der Waals surface area contributed by atoms with E-state index >= 15 is 0 Å². The van der Waals surface area contributed by atoms with Crippen molar-refractivity contribution in [3.05, 3.63) is 94.4 Å². The number of nitrogens with one attached hydrogen (secondary N) is 1. The molecule has 2 aromatic carbocycles. The molecule has 2 bridgehead atoms. The monoisotopic (exact) mass is 469 g/mol. The Morgan fingerprint density at radius 2 is 1.77 bits per heavy atom. The molecule has 1 aromatic heterocycles. The lowest BCUT2D eigenvalue weighted by Crippen LogP contribution is -2.46. The van der Waals surface area contributed by atoms with E-state index in [1.807, 2.05) is 73.7 Å². The van der Waals surface area contributed by atoms with Crippen LogP contribution in [-0.4, -0.2) is 39.7 Å². The third-order valence-corrected chi connectivity index (χ3v) is 7.47. The number of benzene rings is 2. The number of carbonyl (C=O) groups is 1. The maximum Gasteiger partial charge on any atom is 0.258 e. The van der Waals surface area contributed by atoms with Gasteiger partial charge < -0.3 is 15.0 Å². The van der Waals surface area contributed by atoms with Crippen molar-refractivity contribution in [2.24, 2.45) is 11.8 Å². The number of anilines is 1. The Balaban J connectivity index is 1.46. The Labute approximate surface area is 205 Å². The molecule has 0 saturated carbocycles. The predicted octanol–water partition coefficient (Wildman–Crippen LogP) is 4.17. The Morgan fingerprint density at radius 1 is 1.06 bits per heavy atom. The maximum absolute atomic E-state index is 13.7. The number of amides is 1. The second-order valence-electron chi connectivity index (χ2n) is 9.28. The van der Waals surface area contributed by atoms with Crippen LogP contribution in [0.15, 0.2) is 77.6 Å². The van der Waals surface area contributed by atoms with Crippen LogP contribution in [0.4, 0.5) is 5.69 Å². The molecule has 6 nitrogen and oxygen atoms in total. The number of aliphatic hydroxyl groups is 1. The third kappa shape index (κ3) is 4.03. The van der Waals surface area contributed by atoms with Crippen LogP contribution in [0.5, 0.6) is 0 Å². The Hall–Kier alpha value is -3.48. The molecule has 0 unspecified atom stereocenters. The zero-order valence-corrected chi connectivity index (χ0v) is 20.1. The van der Waals surface area contributed by atoms with E-state index in [0.717, 1.165) is 29.1 Å². The van der Waals surface area contributed by atoms with E-state index in [-0.39, 0.29) is 36.1 Å². The van der Waals surface area contributed by atoms with Gasteiger partial charge in [-0.15, -0.1) is 0 Å². The van der Waals surface area contributed by atoms with Gasteiger partial charge >= 0.3 is 0 Å². The molecule has 6 heteroatoms. The van der Waals surface area contributed by atoms with Crippen molar-refractivity contribution in [2.45, 2.75) is 32.5 Å². The van der Waals surface area contributed by atoms with Crippen LogP contribution >= 0.6 is 0 Å². The lowest BCUT2D eigenvalue weighted by molar-refractivity contribution is -0.122. The van der Waals surface area contributed by atoms with Crippen LogP contribution in [-0.2, 0) is 11.3 Å². The highest BCUT2D eigenvalue weighted by atomic mass is 16.3. The molecule has 1 amide bonds. The van der Waals surface area contributed by atoms with Gasteiger partial charge in [0.1, 0.15) is 0 Å². The number of fused-ring (bicyclic) bond motifs is 4. The first-order valence-corrected chi connectivity index (χ1v) is 12.3. The smallest absolute Gasteiger partial charge is 0.258 e. The van der Waals surface area contributed by atoms with E-state index in [1.165, 1.54) is 0 Å². The van der Waals surface area contributed by atoms with Crippen LogP contribution < -0.4 is 10.9 Å². The van der Waals surface area contributed by atoms with Crippen LogP contribution in [0, 0.1) is 11.8 Å². The molecule has 0 spiro atoms. The lowest BCUT2D eigenvalue weighted by atomic mass is 9.86. The summed E-state index contributed by atoms with van der Waals surface area (Å²) in [6.07, 6.45) is 3.67. The van der Waals surface area contributed by atoms with Gasteiger partial charge in [-0.1, -0.05) is 61.5 Å². The van der Waals surface area contributed by atoms with Gasteiger partial charge in [0.15, 0.2) is 0 Å². The summed E-state index contributed by atoms with van der Waals surface area (Å²) in [4.78, 5) is 29.1. The van der Waals surface area contributed by atoms with Gasteiger partial charge in [-0.05, 0) is 48.9 Å². The highest BCUT2D eigenvalue weighted by Crippen LogP contribution is 2.48. The van der Waals surface area contributed by atoms with Gasteiger partial charge in [0, 0.05) is 42.1 Å². The van der Waals surface area contributed by atoms with Gasteiger partial charge in [0.2, 0.25) is 5.91 Å². The first-order valence-electron chi connectivity index (χ1n) is 12.3. The molecule has 180 valence electrons. The second-order valence-corrected chi connectivity index (χ2v) is 9.28. The quantitative estimate of drug-likeness (QED) is 0.568. The molecule has 2 aliphatic rings. The molecule has 3 aromatic rings. The molecule has 2 aliphatic heterocycles. The summed E-state index contributed by atoms with van der Waals surface area (Å²) in [7, 11) is 0. The van der Waals surface area contributed by atoms with Crippen molar-refractivity contribution < 1.29 is 9.90 Å². The molecule has 0 aliphatic carbocycles.